The van der Waals surface area contributed by atoms with Gasteiger partial charge in [-0.05, 0) is 42.5 Å². The summed E-state index contributed by atoms with van der Waals surface area (Å²) in [7, 11) is -7.92. The molecule has 0 atom stereocenters. The molecule has 0 saturated carbocycles. The number of benzene rings is 2. The molecule has 23 heavy (non-hydrogen) atoms. The van der Waals surface area contributed by atoms with Crippen molar-refractivity contribution in [1.82, 2.24) is 0 Å². The molecule has 0 spiro atoms. The van der Waals surface area contributed by atoms with Crippen LogP contribution in [0.25, 0.3) is 0 Å². The maximum Gasteiger partial charge on any atom is 0.335 e. The number of nitrogens with two attached hydrogens (primary N) is 1. The zero-order chi connectivity index (χ0) is 17.3. The highest BCUT2D eigenvalue weighted by Gasteiger charge is 2.16. The number of aromatic carboxylic acids is 1. The van der Waals surface area contributed by atoms with Crippen LogP contribution in [0.4, 0.5) is 5.69 Å². The van der Waals surface area contributed by atoms with Gasteiger partial charge in [0.2, 0.25) is 10.0 Å². The van der Waals surface area contributed by atoms with Crippen LogP contribution in [-0.2, 0) is 20.0 Å². The van der Waals surface area contributed by atoms with E-state index in [1.165, 1.54) is 24.3 Å². The molecule has 2 rings (SSSR count). The van der Waals surface area contributed by atoms with Gasteiger partial charge in [0.15, 0.2) is 0 Å². The van der Waals surface area contributed by atoms with E-state index in [0.717, 1.165) is 24.3 Å². The highest BCUT2D eigenvalue weighted by atomic mass is 32.2. The van der Waals surface area contributed by atoms with Crippen LogP contribution in [0.2, 0.25) is 0 Å². The van der Waals surface area contributed by atoms with Gasteiger partial charge in [-0.15, -0.1) is 0 Å². The van der Waals surface area contributed by atoms with Crippen LogP contribution >= 0.6 is 0 Å². The van der Waals surface area contributed by atoms with Crippen LogP contribution < -0.4 is 9.86 Å². The first-order valence-corrected chi connectivity index (χ1v) is 9.11. The van der Waals surface area contributed by atoms with Gasteiger partial charge in [0.25, 0.3) is 10.0 Å². The van der Waals surface area contributed by atoms with Gasteiger partial charge >= 0.3 is 5.97 Å². The van der Waals surface area contributed by atoms with Crippen molar-refractivity contribution in [2.24, 2.45) is 5.14 Å². The van der Waals surface area contributed by atoms with E-state index >= 15 is 0 Å². The first-order chi connectivity index (χ1) is 10.6. The molecular weight excluding hydrogens is 344 g/mol. The summed E-state index contributed by atoms with van der Waals surface area (Å²) in [6, 6.07) is 9.58. The molecule has 0 bridgehead atoms. The number of hydrogen-bond acceptors (Lipinski definition) is 5. The third kappa shape index (κ3) is 4.06. The lowest BCUT2D eigenvalue weighted by Gasteiger charge is -2.09. The van der Waals surface area contributed by atoms with Crippen molar-refractivity contribution in [3.05, 3.63) is 54.1 Å². The Morgan fingerprint density at radius 3 is 2.04 bits per heavy atom. The summed E-state index contributed by atoms with van der Waals surface area (Å²) in [5, 5.41) is 13.8. The molecule has 0 aliphatic rings. The molecule has 8 nitrogen and oxygen atoms in total. The summed E-state index contributed by atoms with van der Waals surface area (Å²) >= 11 is 0. The normalized spacial score (nSPS) is 11.9. The molecule has 0 fully saturated rings. The Labute approximate surface area is 132 Å². The molecule has 0 unspecified atom stereocenters. The van der Waals surface area contributed by atoms with Gasteiger partial charge in [-0.2, -0.15) is 0 Å². The van der Waals surface area contributed by atoms with E-state index in [0.29, 0.717) is 0 Å². The van der Waals surface area contributed by atoms with Crippen molar-refractivity contribution in [2.75, 3.05) is 4.72 Å². The van der Waals surface area contributed by atoms with Gasteiger partial charge in [0.05, 0.1) is 15.4 Å². The van der Waals surface area contributed by atoms with Gasteiger partial charge in [0, 0.05) is 5.69 Å². The second kappa shape index (κ2) is 5.99. The summed E-state index contributed by atoms with van der Waals surface area (Å²) in [6.45, 7) is 0. The Morgan fingerprint density at radius 1 is 0.957 bits per heavy atom. The van der Waals surface area contributed by atoms with Crippen LogP contribution in [0.3, 0.4) is 0 Å². The fourth-order valence-electron chi connectivity index (χ4n) is 1.74. The Morgan fingerprint density at radius 2 is 1.52 bits per heavy atom. The molecule has 0 radical (unpaired) electrons. The molecule has 10 heteroatoms. The van der Waals surface area contributed by atoms with Crippen molar-refractivity contribution in [3.63, 3.8) is 0 Å². The minimum atomic E-state index is -4.00. The number of sulfonamides is 2. The van der Waals surface area contributed by atoms with Gasteiger partial charge in [0.1, 0.15) is 0 Å². The van der Waals surface area contributed by atoms with Crippen LogP contribution in [0.5, 0.6) is 0 Å². The van der Waals surface area contributed by atoms with Crippen molar-refractivity contribution < 1.29 is 26.7 Å². The fraction of sp³-hybridized carbons (Fsp3) is 0. The number of anilines is 1. The Hall–Kier alpha value is -2.43. The standard InChI is InChI=1S/C13H12N2O6S2/c14-22(18,19)11-4-6-12(7-5-11)23(20,21)15-10-3-1-2-9(8-10)13(16)17/h1-8,15H,(H,16,17)(H2,14,18,19). The first-order valence-electron chi connectivity index (χ1n) is 6.09. The summed E-state index contributed by atoms with van der Waals surface area (Å²) < 4.78 is 48.9. The lowest BCUT2D eigenvalue weighted by Crippen LogP contribution is -2.15. The van der Waals surface area contributed by atoms with Gasteiger partial charge in [-0.25, -0.2) is 26.8 Å². The topological polar surface area (TPSA) is 144 Å². The number of carbonyl (C=O) groups is 1. The van der Waals surface area contributed by atoms with E-state index in [1.807, 2.05) is 0 Å². The Bertz CT molecular complexity index is 950. The van der Waals surface area contributed by atoms with E-state index in [9.17, 15) is 21.6 Å². The largest absolute Gasteiger partial charge is 0.478 e. The maximum absolute atomic E-state index is 12.2. The number of carboxylic acid groups (broad SMARTS) is 1. The minimum absolute atomic E-state index is 0.0698. The number of hydrogen-bond donors (Lipinski definition) is 3. The lowest BCUT2D eigenvalue weighted by molar-refractivity contribution is 0.0697. The SMILES string of the molecule is NS(=O)(=O)c1ccc(S(=O)(=O)Nc2cccc(C(=O)O)c2)cc1. The molecule has 0 amide bonds. The van der Waals surface area contributed by atoms with E-state index in [2.05, 4.69) is 4.72 Å². The summed E-state index contributed by atoms with van der Waals surface area (Å²) in [5.74, 6) is -1.19. The number of rotatable bonds is 5. The quantitative estimate of drug-likeness (QED) is 0.724. The third-order valence-corrected chi connectivity index (χ3v) is 5.15. The van der Waals surface area contributed by atoms with Crippen LogP contribution in [0.15, 0.2) is 58.3 Å². The molecule has 2 aromatic carbocycles. The second-order valence-electron chi connectivity index (χ2n) is 4.51. The second-order valence-corrected chi connectivity index (χ2v) is 7.75. The summed E-state index contributed by atoms with van der Waals surface area (Å²) in [6.07, 6.45) is 0. The predicted octanol–water partition coefficient (Wildman–Crippen LogP) is 0.833. The van der Waals surface area contributed by atoms with Gasteiger partial charge < -0.3 is 5.11 Å². The predicted molar refractivity (Wildman–Crippen MR) is 82.0 cm³/mol. The molecule has 0 aromatic heterocycles. The van der Waals surface area contributed by atoms with Gasteiger partial charge in [-0.3, -0.25) is 4.72 Å². The van der Waals surface area contributed by atoms with Crippen molar-refractivity contribution >= 4 is 31.7 Å². The molecule has 0 aliphatic carbocycles. The Kier molecular flexibility index (Phi) is 4.41. The van der Waals surface area contributed by atoms with Crippen molar-refractivity contribution in [2.45, 2.75) is 9.79 Å². The molecule has 0 saturated heterocycles. The third-order valence-electron chi connectivity index (χ3n) is 2.82. The average Bonchev–Trinajstić information content (AvgIpc) is 2.46. The van der Waals surface area contributed by atoms with E-state index in [1.54, 1.807) is 0 Å². The maximum atomic E-state index is 12.2. The molecular formula is C13H12N2O6S2. The zero-order valence-electron chi connectivity index (χ0n) is 11.5. The molecule has 2 aromatic rings. The van der Waals surface area contributed by atoms with Crippen molar-refractivity contribution in [1.29, 1.82) is 0 Å². The van der Waals surface area contributed by atoms with E-state index in [4.69, 9.17) is 10.2 Å². The summed E-state index contributed by atoms with van der Waals surface area (Å²) in [4.78, 5) is 10.5. The molecule has 4 N–H and O–H groups in total. The Balaban J connectivity index is 2.32. The average molecular weight is 356 g/mol. The van der Waals surface area contributed by atoms with Crippen LogP contribution in [0, 0.1) is 0 Å². The van der Waals surface area contributed by atoms with Gasteiger partial charge in [-0.1, -0.05) is 6.07 Å². The minimum Gasteiger partial charge on any atom is -0.478 e. The highest BCUT2D eigenvalue weighted by Crippen LogP contribution is 2.18. The van der Waals surface area contributed by atoms with Crippen LogP contribution in [-0.4, -0.2) is 27.9 Å². The molecule has 0 aliphatic heterocycles. The summed E-state index contributed by atoms with van der Waals surface area (Å²) in [5.41, 5.74) is -0.00445. The molecule has 0 heterocycles. The number of carboxylic acids is 1. The van der Waals surface area contributed by atoms with Crippen molar-refractivity contribution in [3.8, 4) is 0 Å². The van der Waals surface area contributed by atoms with Crippen LogP contribution in [0.1, 0.15) is 10.4 Å². The fourth-order valence-corrected chi connectivity index (χ4v) is 3.30. The number of nitrogens with one attached hydrogen (secondary N) is 1. The lowest BCUT2D eigenvalue weighted by atomic mass is 10.2. The molecule has 122 valence electrons. The first kappa shape index (κ1) is 16.9. The zero-order valence-corrected chi connectivity index (χ0v) is 13.1. The van der Waals surface area contributed by atoms with E-state index in [-0.39, 0.29) is 21.0 Å². The monoisotopic (exact) mass is 356 g/mol. The smallest absolute Gasteiger partial charge is 0.335 e. The highest BCUT2D eigenvalue weighted by molar-refractivity contribution is 7.92. The van der Waals surface area contributed by atoms with E-state index < -0.39 is 26.0 Å². The number of primary sulfonamides is 1.